The van der Waals surface area contributed by atoms with E-state index in [9.17, 15) is 15.1 Å². The monoisotopic (exact) mass is 750 g/mol. The molecule has 0 saturated carbocycles. The van der Waals surface area contributed by atoms with Gasteiger partial charge in [-0.25, -0.2) is 0 Å². The van der Waals surface area contributed by atoms with Gasteiger partial charge in [0.2, 0.25) is 0 Å². The molecular formula is C54H34N2O. The van der Waals surface area contributed by atoms with Crippen molar-refractivity contribution in [1.29, 1.82) is 0 Å². The third-order valence-electron chi connectivity index (χ3n) is 9.89. The molecule has 266 valence electrons. The number of nitrogens with zero attached hydrogens (tertiary/aromatic N) is 2. The SMILES string of the molecule is [2H]c1cc2c(oc3c([2H])c([2H])c([2H])c(-c4c([2H])c([2H])c([2H])c([2H])c4[2H])c32)c([2H])c1-n1c2c([2H])c([2H])c([2H])c([2H])c2c2c([2H])c(-c3c([2H])c([2H])c4c5c([2H])c([2H])c([2H])c([2H])c5n(-c5cccc(-c6ccccc6)c5)c4c3[2H])c([2H])c([2H])c21. The molecule has 3 aromatic heterocycles. The van der Waals surface area contributed by atoms with E-state index in [2.05, 4.69) is 0 Å². The molecule has 57 heavy (non-hydrogen) atoms. The average molecular weight is 751 g/mol. The highest BCUT2D eigenvalue weighted by atomic mass is 16.3. The number of hydrogen-bond acceptors (Lipinski definition) is 1. The Kier molecular flexibility index (Phi) is 3.55. The van der Waals surface area contributed by atoms with Gasteiger partial charge in [0, 0.05) is 49.7 Å². The van der Waals surface area contributed by atoms with Gasteiger partial charge in [-0.15, -0.1) is 0 Å². The molecule has 0 aliphatic heterocycles. The Labute approximate surface area is 362 Å². The van der Waals surface area contributed by atoms with Crippen molar-refractivity contribution in [2.45, 2.75) is 0 Å². The molecule has 0 amide bonds. The molecule has 3 heterocycles. The van der Waals surface area contributed by atoms with Gasteiger partial charge < -0.3 is 13.6 Å². The van der Waals surface area contributed by atoms with E-state index in [1.165, 1.54) is 4.57 Å². The Morgan fingerprint density at radius 1 is 0.368 bits per heavy atom. The molecule has 0 atom stereocenters. The first-order chi connectivity index (χ1) is 38.3. The summed E-state index contributed by atoms with van der Waals surface area (Å²) >= 11 is 0. The average Bonchev–Trinajstić information content (AvgIpc) is 1.98. The van der Waals surface area contributed by atoms with Crippen LogP contribution in [-0.2, 0) is 0 Å². The fourth-order valence-corrected chi connectivity index (χ4v) is 7.40. The number of aromatic nitrogens is 2. The van der Waals surface area contributed by atoms with Crippen molar-refractivity contribution < 1.29 is 37.3 Å². The Balaban J connectivity index is 1.21. The molecule has 3 heteroatoms. The van der Waals surface area contributed by atoms with Crippen LogP contribution in [0.2, 0.25) is 0 Å². The summed E-state index contributed by atoms with van der Waals surface area (Å²) in [6.45, 7) is 0. The second-order valence-electron chi connectivity index (χ2n) is 13.0. The number of furan rings is 1. The third-order valence-corrected chi connectivity index (χ3v) is 9.89. The van der Waals surface area contributed by atoms with E-state index < -0.39 is 206 Å². The standard InChI is InChI=1S/C54H34N2O/c1-3-13-35(14-4-1)37-17-11-18-40(31-37)56-48-22-9-7-19-43(48)45-28-25-39(33-51(45)56)38-26-30-50-47(32-38)44-20-8-10-23-49(44)55(50)41-27-29-46-53(34-41)57-52-24-12-21-42(54(46)52)36-15-5-2-6-16-36/h1-34H/i2D,5D,6D,7D,8D,9D,10D,12D,15D,16D,19D,20D,21D,22D,23D,24D,25D,26D,27D,28D,30D,32D,33D,34D. The lowest BCUT2D eigenvalue weighted by Crippen LogP contribution is -1.94. The molecule has 0 bridgehead atoms. The van der Waals surface area contributed by atoms with Crippen LogP contribution < -0.4 is 0 Å². The fourth-order valence-electron chi connectivity index (χ4n) is 7.40. The van der Waals surface area contributed by atoms with Crippen LogP contribution in [0.25, 0.3) is 110 Å². The molecular weight excluding hydrogens is 693 g/mol. The van der Waals surface area contributed by atoms with Gasteiger partial charge in [-0.3, -0.25) is 0 Å². The molecule has 0 radical (unpaired) electrons. The lowest BCUT2D eigenvalue weighted by molar-refractivity contribution is 0.668. The molecule has 0 unspecified atom stereocenters. The molecule has 12 rings (SSSR count). The van der Waals surface area contributed by atoms with Crippen LogP contribution in [0.15, 0.2) is 210 Å². The molecule has 0 aliphatic carbocycles. The second-order valence-corrected chi connectivity index (χ2v) is 13.0. The van der Waals surface area contributed by atoms with Crippen LogP contribution in [0.4, 0.5) is 0 Å². The number of rotatable bonds is 5. The number of hydrogen-bond donors (Lipinski definition) is 0. The first-order valence-corrected chi connectivity index (χ1v) is 17.6. The lowest BCUT2D eigenvalue weighted by Gasteiger charge is -2.11. The van der Waals surface area contributed by atoms with Crippen molar-refractivity contribution in [3.63, 3.8) is 0 Å². The molecule has 3 nitrogen and oxygen atoms in total. The maximum Gasteiger partial charge on any atom is 0.137 e. The van der Waals surface area contributed by atoms with Gasteiger partial charge in [-0.2, -0.15) is 0 Å². The summed E-state index contributed by atoms with van der Waals surface area (Å²) < 4.78 is 227. The summed E-state index contributed by atoms with van der Waals surface area (Å²) in [6.07, 6.45) is 0. The zero-order chi connectivity index (χ0) is 58.3. The Bertz CT molecular complexity index is 4900. The molecule has 0 aliphatic rings. The normalized spacial score (nSPS) is 17.8. The summed E-state index contributed by atoms with van der Waals surface area (Å²) in [5.41, 5.74) is -3.51. The van der Waals surface area contributed by atoms with Crippen LogP contribution in [0.5, 0.6) is 0 Å². The Hall–Kier alpha value is -7.62. The van der Waals surface area contributed by atoms with Crippen molar-refractivity contribution in [3.8, 4) is 44.8 Å². The van der Waals surface area contributed by atoms with E-state index in [1.807, 2.05) is 30.3 Å². The van der Waals surface area contributed by atoms with Gasteiger partial charge in [0.1, 0.15) is 11.2 Å². The summed E-state index contributed by atoms with van der Waals surface area (Å²) in [7, 11) is 0. The molecule has 0 N–H and O–H groups in total. The minimum atomic E-state index is -0.888. The number of fused-ring (bicyclic) bond motifs is 9. The van der Waals surface area contributed by atoms with E-state index in [1.54, 1.807) is 24.3 Å². The Morgan fingerprint density at radius 3 is 1.89 bits per heavy atom. The molecule has 0 spiro atoms. The first-order valence-electron chi connectivity index (χ1n) is 29.6. The van der Waals surface area contributed by atoms with Crippen molar-refractivity contribution in [2.75, 3.05) is 0 Å². The van der Waals surface area contributed by atoms with Crippen molar-refractivity contribution in [1.82, 2.24) is 9.13 Å². The summed E-state index contributed by atoms with van der Waals surface area (Å²) in [5.74, 6) is 0. The first kappa shape index (κ1) is 16.2. The zero-order valence-corrected chi connectivity index (χ0v) is 29.1. The number of para-hydroxylation sites is 2. The van der Waals surface area contributed by atoms with E-state index in [4.69, 9.17) is 22.2 Å². The quantitative estimate of drug-likeness (QED) is 0.172. The third kappa shape index (κ3) is 4.92. The van der Waals surface area contributed by atoms with E-state index in [0.29, 0.717) is 5.56 Å². The van der Waals surface area contributed by atoms with Gasteiger partial charge in [0.05, 0.1) is 55.0 Å². The maximum absolute atomic E-state index is 10.0. The van der Waals surface area contributed by atoms with E-state index in [0.717, 1.165) is 16.2 Å². The molecule has 9 aromatic carbocycles. The smallest absolute Gasteiger partial charge is 0.137 e. The minimum absolute atomic E-state index is 0.156. The lowest BCUT2D eigenvalue weighted by atomic mass is 9.99. The van der Waals surface area contributed by atoms with Gasteiger partial charge in [0.25, 0.3) is 0 Å². The van der Waals surface area contributed by atoms with Crippen LogP contribution in [0.3, 0.4) is 0 Å². The largest absolute Gasteiger partial charge is 0.456 e. The van der Waals surface area contributed by atoms with Crippen LogP contribution in [0.1, 0.15) is 32.9 Å². The van der Waals surface area contributed by atoms with Crippen LogP contribution >= 0.6 is 0 Å². The highest BCUT2D eigenvalue weighted by Gasteiger charge is 2.18. The van der Waals surface area contributed by atoms with Crippen LogP contribution in [-0.4, -0.2) is 9.13 Å². The van der Waals surface area contributed by atoms with Gasteiger partial charge in [-0.1, -0.05) is 139 Å². The predicted molar refractivity (Wildman–Crippen MR) is 239 cm³/mol. The molecule has 0 saturated heterocycles. The van der Waals surface area contributed by atoms with Crippen LogP contribution in [0, 0.1) is 0 Å². The minimum Gasteiger partial charge on any atom is -0.456 e. The highest BCUT2D eigenvalue weighted by Crippen LogP contribution is 2.41. The number of benzene rings is 9. The van der Waals surface area contributed by atoms with Crippen molar-refractivity contribution in [2.24, 2.45) is 0 Å². The maximum atomic E-state index is 10.0. The second kappa shape index (κ2) is 12.5. The molecule has 12 aromatic rings. The van der Waals surface area contributed by atoms with E-state index >= 15 is 0 Å². The van der Waals surface area contributed by atoms with Gasteiger partial charge >= 0.3 is 0 Å². The predicted octanol–water partition coefficient (Wildman–Crippen LogP) is 14.8. The van der Waals surface area contributed by atoms with E-state index in [-0.39, 0.29) is 38.3 Å². The summed E-state index contributed by atoms with van der Waals surface area (Å²) in [4.78, 5) is 0. The Morgan fingerprint density at radius 2 is 1.05 bits per heavy atom. The zero-order valence-electron chi connectivity index (χ0n) is 53.1. The summed E-state index contributed by atoms with van der Waals surface area (Å²) in [5, 5.41) is -1.86. The van der Waals surface area contributed by atoms with Gasteiger partial charge in [-0.05, 0) is 93.9 Å². The van der Waals surface area contributed by atoms with Crippen molar-refractivity contribution in [3.05, 3.63) is 206 Å². The highest BCUT2D eigenvalue weighted by molar-refractivity contribution is 6.15. The fraction of sp³-hybridized carbons (Fsp3) is 0. The topological polar surface area (TPSA) is 23.0 Å². The molecule has 0 fully saturated rings. The van der Waals surface area contributed by atoms with Crippen molar-refractivity contribution >= 4 is 65.6 Å². The summed E-state index contributed by atoms with van der Waals surface area (Å²) in [6, 6.07) is -0.879. The van der Waals surface area contributed by atoms with Gasteiger partial charge in [0.15, 0.2) is 0 Å².